The van der Waals surface area contributed by atoms with Crippen molar-refractivity contribution >= 4 is 22.9 Å². The molecule has 31 heavy (non-hydrogen) atoms. The molecular formula is C25H26N4OS. The number of carbonyl (C=O) groups excluding carboxylic acids is 1. The van der Waals surface area contributed by atoms with Gasteiger partial charge in [-0.25, -0.2) is 0 Å². The highest BCUT2D eigenvalue weighted by molar-refractivity contribution is 7.10. The molecule has 158 valence electrons. The Morgan fingerprint density at radius 2 is 1.74 bits per heavy atom. The molecule has 0 spiro atoms. The molecular weight excluding hydrogens is 404 g/mol. The molecule has 0 bridgehead atoms. The summed E-state index contributed by atoms with van der Waals surface area (Å²) >= 11 is 1.66. The summed E-state index contributed by atoms with van der Waals surface area (Å²) in [4.78, 5) is 18.5. The van der Waals surface area contributed by atoms with E-state index in [0.717, 1.165) is 54.4 Å². The lowest BCUT2D eigenvalue weighted by Gasteiger charge is -2.36. The van der Waals surface area contributed by atoms with Crippen LogP contribution < -0.4 is 10.2 Å². The predicted molar refractivity (Wildman–Crippen MR) is 125 cm³/mol. The minimum Gasteiger partial charge on any atom is -0.368 e. The van der Waals surface area contributed by atoms with Crippen molar-refractivity contribution in [1.29, 1.82) is 5.26 Å². The number of para-hydroxylation sites is 1. The Labute approximate surface area is 187 Å². The molecule has 1 N–H and O–H groups in total. The van der Waals surface area contributed by atoms with Crippen LogP contribution in [0.4, 0.5) is 5.69 Å². The molecule has 0 radical (unpaired) electrons. The number of carbonyl (C=O) groups is 1. The Hall–Kier alpha value is -3.14. The van der Waals surface area contributed by atoms with Gasteiger partial charge in [-0.1, -0.05) is 48.5 Å². The maximum atomic E-state index is 12.8. The molecule has 0 saturated carbocycles. The van der Waals surface area contributed by atoms with Crippen molar-refractivity contribution in [2.24, 2.45) is 0 Å². The van der Waals surface area contributed by atoms with Crippen LogP contribution in [0.1, 0.15) is 28.5 Å². The third-order valence-corrected chi connectivity index (χ3v) is 6.60. The molecule has 1 unspecified atom stereocenters. The van der Waals surface area contributed by atoms with Gasteiger partial charge in [0.05, 0.1) is 17.3 Å². The highest BCUT2D eigenvalue weighted by Crippen LogP contribution is 2.26. The average Bonchev–Trinajstić information content (AvgIpc) is 3.37. The summed E-state index contributed by atoms with van der Waals surface area (Å²) in [6.45, 7) is 4.25. The lowest BCUT2D eigenvalue weighted by molar-refractivity contribution is -0.121. The zero-order chi connectivity index (χ0) is 21.5. The summed E-state index contributed by atoms with van der Waals surface area (Å²) in [5, 5.41) is 14.6. The third-order valence-electron chi connectivity index (χ3n) is 5.66. The number of thiophene rings is 1. The number of hydrogen-bond acceptors (Lipinski definition) is 5. The number of benzene rings is 2. The fourth-order valence-electron chi connectivity index (χ4n) is 3.97. The van der Waals surface area contributed by atoms with E-state index < -0.39 is 0 Å². The van der Waals surface area contributed by atoms with Gasteiger partial charge in [-0.05, 0) is 29.1 Å². The molecule has 1 aliphatic heterocycles. The number of nitriles is 1. The fraction of sp³-hybridized carbons (Fsp3) is 0.280. The van der Waals surface area contributed by atoms with E-state index in [1.165, 1.54) is 0 Å². The van der Waals surface area contributed by atoms with Crippen LogP contribution in [0, 0.1) is 11.3 Å². The second-order valence-corrected chi connectivity index (χ2v) is 8.61. The Morgan fingerprint density at radius 3 is 2.45 bits per heavy atom. The van der Waals surface area contributed by atoms with Gasteiger partial charge in [0.15, 0.2) is 0 Å². The number of hydrogen-bond donors (Lipinski definition) is 1. The van der Waals surface area contributed by atoms with Crippen molar-refractivity contribution in [1.82, 2.24) is 10.2 Å². The second kappa shape index (κ2) is 10.3. The fourth-order valence-corrected chi connectivity index (χ4v) is 4.77. The molecule has 1 aliphatic rings. The van der Waals surface area contributed by atoms with E-state index in [1.807, 2.05) is 53.9 Å². The summed E-state index contributed by atoms with van der Waals surface area (Å²) < 4.78 is 0. The number of piperazine rings is 1. The molecule has 1 amide bonds. The number of rotatable bonds is 7. The van der Waals surface area contributed by atoms with Gasteiger partial charge < -0.3 is 10.2 Å². The van der Waals surface area contributed by atoms with Gasteiger partial charge in [-0.2, -0.15) is 5.26 Å². The predicted octanol–water partition coefficient (Wildman–Crippen LogP) is 4.04. The molecule has 6 heteroatoms. The van der Waals surface area contributed by atoms with E-state index in [0.29, 0.717) is 6.42 Å². The van der Waals surface area contributed by atoms with Crippen LogP contribution in [0.2, 0.25) is 0 Å². The quantitative estimate of drug-likeness (QED) is 0.615. The summed E-state index contributed by atoms with van der Waals surface area (Å²) in [7, 11) is 0. The first-order chi connectivity index (χ1) is 15.2. The van der Waals surface area contributed by atoms with Gasteiger partial charge in [0.25, 0.3) is 0 Å². The van der Waals surface area contributed by atoms with Crippen LogP contribution in [-0.4, -0.2) is 43.5 Å². The first-order valence-electron chi connectivity index (χ1n) is 10.6. The monoisotopic (exact) mass is 430 g/mol. The van der Waals surface area contributed by atoms with Crippen LogP contribution in [0.25, 0.3) is 0 Å². The summed E-state index contributed by atoms with van der Waals surface area (Å²) in [6, 6.07) is 24.1. The van der Waals surface area contributed by atoms with Crippen molar-refractivity contribution < 1.29 is 4.79 Å². The Morgan fingerprint density at radius 1 is 1.00 bits per heavy atom. The van der Waals surface area contributed by atoms with Gasteiger partial charge >= 0.3 is 0 Å². The second-order valence-electron chi connectivity index (χ2n) is 7.63. The summed E-state index contributed by atoms with van der Waals surface area (Å²) in [5.74, 6) is 0.0690. The molecule has 1 saturated heterocycles. The molecule has 0 aliphatic carbocycles. The lowest BCUT2D eigenvalue weighted by Crippen LogP contribution is -2.47. The minimum absolute atomic E-state index is 0.0690. The van der Waals surface area contributed by atoms with Crippen molar-refractivity contribution in [3.63, 3.8) is 0 Å². The van der Waals surface area contributed by atoms with E-state index in [1.54, 1.807) is 11.3 Å². The van der Waals surface area contributed by atoms with Gasteiger partial charge in [-0.15, -0.1) is 11.3 Å². The molecule has 2 heterocycles. The number of amides is 1. The molecule has 1 aromatic heterocycles. The Bertz CT molecular complexity index is 1020. The van der Waals surface area contributed by atoms with Crippen molar-refractivity contribution in [2.45, 2.75) is 12.5 Å². The van der Waals surface area contributed by atoms with Crippen LogP contribution in [-0.2, 0) is 4.79 Å². The lowest BCUT2D eigenvalue weighted by atomic mass is 10.1. The number of nitrogens with zero attached hydrogens (tertiary/aromatic N) is 3. The molecule has 5 nitrogen and oxygen atoms in total. The van der Waals surface area contributed by atoms with Crippen LogP contribution in [0.5, 0.6) is 0 Å². The molecule has 1 fully saturated rings. The molecule has 1 atom stereocenters. The van der Waals surface area contributed by atoms with Gasteiger partial charge in [0.2, 0.25) is 5.91 Å². The standard InChI is InChI=1S/C25H26N4OS/c26-19-21-9-4-5-10-22(21)29-16-14-28(15-17-29)13-12-24(30)27-25(23-11-6-18-31-23)20-7-2-1-3-8-20/h1-11,18,25H,12-17H2,(H,27,30). The van der Waals surface area contributed by atoms with Crippen molar-refractivity contribution in [2.75, 3.05) is 37.6 Å². The SMILES string of the molecule is N#Cc1ccccc1N1CCN(CCC(=O)NC(c2ccccc2)c2cccs2)CC1. The molecule has 2 aromatic carbocycles. The van der Waals surface area contributed by atoms with Gasteiger partial charge in [0, 0.05) is 44.0 Å². The molecule has 4 rings (SSSR count). The van der Waals surface area contributed by atoms with Crippen molar-refractivity contribution in [3.05, 3.63) is 88.1 Å². The highest BCUT2D eigenvalue weighted by atomic mass is 32.1. The van der Waals surface area contributed by atoms with Gasteiger partial charge in [0.1, 0.15) is 6.07 Å². The normalized spacial score (nSPS) is 15.3. The Kier molecular flexibility index (Phi) is 6.98. The highest BCUT2D eigenvalue weighted by Gasteiger charge is 2.21. The van der Waals surface area contributed by atoms with Crippen LogP contribution >= 0.6 is 11.3 Å². The van der Waals surface area contributed by atoms with E-state index >= 15 is 0 Å². The minimum atomic E-state index is -0.104. The zero-order valence-electron chi connectivity index (χ0n) is 17.4. The summed E-state index contributed by atoms with van der Waals surface area (Å²) in [6.07, 6.45) is 0.476. The topological polar surface area (TPSA) is 59.4 Å². The van der Waals surface area contributed by atoms with E-state index in [4.69, 9.17) is 0 Å². The van der Waals surface area contributed by atoms with Crippen molar-refractivity contribution in [3.8, 4) is 6.07 Å². The van der Waals surface area contributed by atoms with Gasteiger partial charge in [-0.3, -0.25) is 9.69 Å². The largest absolute Gasteiger partial charge is 0.368 e. The number of anilines is 1. The van der Waals surface area contributed by atoms with Crippen LogP contribution in [0.3, 0.4) is 0 Å². The summed E-state index contributed by atoms with van der Waals surface area (Å²) in [5.41, 5.74) is 2.82. The smallest absolute Gasteiger partial charge is 0.222 e. The van der Waals surface area contributed by atoms with E-state index in [2.05, 4.69) is 39.4 Å². The maximum absolute atomic E-state index is 12.8. The van der Waals surface area contributed by atoms with E-state index in [-0.39, 0.29) is 11.9 Å². The van der Waals surface area contributed by atoms with E-state index in [9.17, 15) is 10.1 Å². The Balaban J connectivity index is 1.30. The maximum Gasteiger partial charge on any atom is 0.222 e. The first kappa shape index (κ1) is 21.1. The third kappa shape index (κ3) is 5.32. The average molecular weight is 431 g/mol. The number of nitrogens with one attached hydrogen (secondary N) is 1. The molecule has 3 aromatic rings. The van der Waals surface area contributed by atoms with Crippen LogP contribution in [0.15, 0.2) is 72.1 Å². The zero-order valence-corrected chi connectivity index (χ0v) is 18.2. The first-order valence-corrected chi connectivity index (χ1v) is 11.5.